The topological polar surface area (TPSA) is 58.2 Å². The van der Waals surface area contributed by atoms with E-state index in [0.717, 1.165) is 4.90 Å². The summed E-state index contributed by atoms with van der Waals surface area (Å²) < 4.78 is 0. The fourth-order valence-electron chi connectivity index (χ4n) is 1.43. The Morgan fingerprint density at radius 1 is 1.37 bits per heavy atom. The van der Waals surface area contributed by atoms with Gasteiger partial charge in [-0.1, -0.05) is 11.6 Å². The Bertz CT molecular complexity index is 478. The van der Waals surface area contributed by atoms with Gasteiger partial charge in [-0.3, -0.25) is 9.59 Å². The Labute approximate surface area is 122 Å². The molecule has 0 atom stereocenters. The zero-order valence-electron chi connectivity index (χ0n) is 11.1. The molecule has 1 rings (SSSR count). The van der Waals surface area contributed by atoms with Gasteiger partial charge in [0.05, 0.1) is 17.1 Å². The molecule has 0 radical (unpaired) electrons. The van der Waals surface area contributed by atoms with E-state index in [4.69, 9.17) is 11.6 Å². The van der Waals surface area contributed by atoms with Crippen molar-refractivity contribution in [3.63, 3.8) is 0 Å². The first-order chi connectivity index (χ1) is 8.93. The zero-order chi connectivity index (χ0) is 14.4. The molecule has 1 aromatic rings. The van der Waals surface area contributed by atoms with Gasteiger partial charge in [0.2, 0.25) is 5.91 Å². The number of thioether (sulfide) groups is 1. The molecule has 0 fully saturated rings. The smallest absolute Gasteiger partial charge is 0.253 e. The Morgan fingerprint density at radius 2 is 2.05 bits per heavy atom. The summed E-state index contributed by atoms with van der Waals surface area (Å²) in [4.78, 5) is 24.3. The highest BCUT2D eigenvalue weighted by molar-refractivity contribution is 7.98. The van der Waals surface area contributed by atoms with Crippen LogP contribution in [0.1, 0.15) is 24.2 Å². The molecule has 0 aromatic heterocycles. The monoisotopic (exact) mass is 300 g/mol. The summed E-state index contributed by atoms with van der Waals surface area (Å²) in [5, 5.41) is 5.62. The average molecular weight is 301 g/mol. The first kappa shape index (κ1) is 15.9. The van der Waals surface area contributed by atoms with Gasteiger partial charge in [0.1, 0.15) is 0 Å². The second kappa shape index (κ2) is 7.40. The van der Waals surface area contributed by atoms with Crippen molar-refractivity contribution in [2.24, 2.45) is 0 Å². The van der Waals surface area contributed by atoms with Gasteiger partial charge < -0.3 is 10.6 Å². The van der Waals surface area contributed by atoms with Crippen LogP contribution in [0.25, 0.3) is 0 Å². The number of nitrogens with one attached hydrogen (secondary N) is 2. The van der Waals surface area contributed by atoms with Crippen molar-refractivity contribution >= 4 is 35.2 Å². The number of halogens is 1. The molecule has 0 aliphatic heterocycles. The first-order valence-corrected chi connectivity index (χ1v) is 7.45. The lowest BCUT2D eigenvalue weighted by molar-refractivity contribution is -0.120. The molecule has 0 bridgehead atoms. The number of amides is 2. The summed E-state index contributed by atoms with van der Waals surface area (Å²) in [6, 6.07) is 5.28. The molecule has 0 saturated heterocycles. The molecule has 1 aromatic carbocycles. The van der Waals surface area contributed by atoms with Crippen molar-refractivity contribution in [1.29, 1.82) is 0 Å². The van der Waals surface area contributed by atoms with Gasteiger partial charge >= 0.3 is 0 Å². The van der Waals surface area contributed by atoms with Crippen molar-refractivity contribution in [3.05, 3.63) is 28.8 Å². The Hall–Kier alpha value is -1.20. The van der Waals surface area contributed by atoms with E-state index in [0.29, 0.717) is 10.6 Å². The highest BCUT2D eigenvalue weighted by Crippen LogP contribution is 2.22. The quantitative estimate of drug-likeness (QED) is 0.821. The van der Waals surface area contributed by atoms with Crippen molar-refractivity contribution in [2.45, 2.75) is 24.8 Å². The predicted molar refractivity (Wildman–Crippen MR) is 78.8 cm³/mol. The molecule has 0 unspecified atom stereocenters. The maximum Gasteiger partial charge on any atom is 0.253 e. The number of rotatable bonds is 5. The Balaban J connectivity index is 2.65. The van der Waals surface area contributed by atoms with Crippen LogP contribution < -0.4 is 10.6 Å². The lowest BCUT2D eigenvalue weighted by Crippen LogP contribution is -2.39. The minimum absolute atomic E-state index is 0.0489. The SMILES string of the molecule is CSc1ccc(Cl)c(C(=O)NCC(=O)NC(C)C)c1. The number of carbonyl (C=O) groups is 2. The maximum absolute atomic E-state index is 11.9. The second-order valence-corrected chi connectivity index (χ2v) is 5.54. The van der Waals surface area contributed by atoms with Gasteiger partial charge in [-0.15, -0.1) is 11.8 Å². The van der Waals surface area contributed by atoms with Crippen LogP contribution in [0.4, 0.5) is 0 Å². The summed E-state index contributed by atoms with van der Waals surface area (Å²) in [6.07, 6.45) is 1.92. The third kappa shape index (κ3) is 5.12. The summed E-state index contributed by atoms with van der Waals surface area (Å²) in [5.41, 5.74) is 0.380. The highest BCUT2D eigenvalue weighted by atomic mass is 35.5. The van der Waals surface area contributed by atoms with Crippen LogP contribution in [0.2, 0.25) is 5.02 Å². The maximum atomic E-state index is 11.9. The van der Waals surface area contributed by atoms with Crippen LogP contribution in [0.5, 0.6) is 0 Å². The molecule has 4 nitrogen and oxygen atoms in total. The predicted octanol–water partition coefficient (Wildman–Crippen LogP) is 2.32. The van der Waals surface area contributed by atoms with Gasteiger partial charge in [0.15, 0.2) is 0 Å². The van der Waals surface area contributed by atoms with Gasteiger partial charge in [-0.05, 0) is 38.3 Å². The van der Waals surface area contributed by atoms with Crippen LogP contribution in [0.3, 0.4) is 0 Å². The second-order valence-electron chi connectivity index (χ2n) is 4.25. The van der Waals surface area contributed by atoms with E-state index in [9.17, 15) is 9.59 Å². The van der Waals surface area contributed by atoms with Gasteiger partial charge in [-0.2, -0.15) is 0 Å². The Kier molecular flexibility index (Phi) is 6.18. The summed E-state index contributed by atoms with van der Waals surface area (Å²) in [7, 11) is 0. The molecule has 0 aliphatic carbocycles. The van der Waals surface area contributed by atoms with E-state index in [-0.39, 0.29) is 24.4 Å². The van der Waals surface area contributed by atoms with E-state index >= 15 is 0 Å². The number of benzene rings is 1. The van der Waals surface area contributed by atoms with E-state index in [1.165, 1.54) is 11.8 Å². The molecular formula is C13H17ClN2O2S. The molecule has 104 valence electrons. The minimum Gasteiger partial charge on any atom is -0.352 e. The van der Waals surface area contributed by atoms with Crippen molar-refractivity contribution in [2.75, 3.05) is 12.8 Å². The van der Waals surface area contributed by atoms with Crippen LogP contribution in [-0.2, 0) is 4.79 Å². The largest absolute Gasteiger partial charge is 0.352 e. The van der Waals surface area contributed by atoms with E-state index in [2.05, 4.69) is 10.6 Å². The third-order valence-corrected chi connectivity index (χ3v) is 3.33. The number of hydrogen-bond donors (Lipinski definition) is 2. The molecule has 2 N–H and O–H groups in total. The number of hydrogen-bond acceptors (Lipinski definition) is 3. The van der Waals surface area contributed by atoms with Crippen LogP contribution >= 0.6 is 23.4 Å². The highest BCUT2D eigenvalue weighted by Gasteiger charge is 2.12. The fourth-order valence-corrected chi connectivity index (χ4v) is 2.08. The lowest BCUT2D eigenvalue weighted by Gasteiger charge is -2.10. The summed E-state index contributed by atoms with van der Waals surface area (Å²) >= 11 is 7.50. The molecule has 0 aliphatic rings. The molecule has 0 saturated carbocycles. The van der Waals surface area contributed by atoms with Crippen LogP contribution in [0, 0.1) is 0 Å². The number of carbonyl (C=O) groups excluding carboxylic acids is 2. The molecular weight excluding hydrogens is 284 g/mol. The van der Waals surface area contributed by atoms with Gasteiger partial charge in [0, 0.05) is 10.9 Å². The van der Waals surface area contributed by atoms with Crippen molar-refractivity contribution < 1.29 is 9.59 Å². The minimum atomic E-state index is -0.347. The standard InChI is InChI=1S/C13H17ClN2O2S/c1-8(2)16-12(17)7-15-13(18)10-6-9(19-3)4-5-11(10)14/h4-6,8H,7H2,1-3H3,(H,15,18)(H,16,17). The van der Waals surface area contributed by atoms with E-state index in [1.54, 1.807) is 12.1 Å². The molecule has 0 heterocycles. The summed E-state index contributed by atoms with van der Waals surface area (Å²) in [6.45, 7) is 3.66. The molecule has 0 spiro atoms. The van der Waals surface area contributed by atoms with Crippen molar-refractivity contribution in [3.8, 4) is 0 Å². The fraction of sp³-hybridized carbons (Fsp3) is 0.385. The summed E-state index contributed by atoms with van der Waals surface area (Å²) in [5.74, 6) is -0.569. The lowest BCUT2D eigenvalue weighted by atomic mass is 10.2. The van der Waals surface area contributed by atoms with Gasteiger partial charge in [0.25, 0.3) is 5.91 Å². The van der Waals surface area contributed by atoms with Gasteiger partial charge in [-0.25, -0.2) is 0 Å². The van der Waals surface area contributed by atoms with Crippen molar-refractivity contribution in [1.82, 2.24) is 10.6 Å². The zero-order valence-corrected chi connectivity index (χ0v) is 12.7. The third-order valence-electron chi connectivity index (χ3n) is 2.28. The van der Waals surface area contributed by atoms with Crippen LogP contribution in [0.15, 0.2) is 23.1 Å². The normalized spacial score (nSPS) is 10.4. The van der Waals surface area contributed by atoms with Crippen LogP contribution in [-0.4, -0.2) is 30.7 Å². The molecule has 2 amide bonds. The first-order valence-electron chi connectivity index (χ1n) is 5.85. The van der Waals surface area contributed by atoms with E-state index < -0.39 is 0 Å². The van der Waals surface area contributed by atoms with E-state index in [1.807, 2.05) is 26.2 Å². The molecule has 19 heavy (non-hydrogen) atoms. The Morgan fingerprint density at radius 3 is 2.63 bits per heavy atom. The molecule has 6 heteroatoms. The average Bonchev–Trinajstić information content (AvgIpc) is 2.35.